The van der Waals surface area contributed by atoms with Gasteiger partial charge in [0, 0.05) is 4.88 Å². The second-order valence-corrected chi connectivity index (χ2v) is 5.94. The molecule has 2 N–H and O–H groups in total. The highest BCUT2D eigenvalue weighted by molar-refractivity contribution is 7.09. The largest absolute Gasteiger partial charge is 0.480 e. The van der Waals surface area contributed by atoms with Gasteiger partial charge in [0.2, 0.25) is 0 Å². The molecule has 0 aliphatic carbocycles. The number of carboxylic acid groups (broad SMARTS) is 1. The van der Waals surface area contributed by atoms with Crippen LogP contribution < -0.4 is 5.32 Å². The maximum absolute atomic E-state index is 11.8. The molecule has 0 spiro atoms. The van der Waals surface area contributed by atoms with Crippen molar-refractivity contribution in [1.82, 2.24) is 10.3 Å². The van der Waals surface area contributed by atoms with E-state index in [1.54, 1.807) is 5.51 Å². The lowest BCUT2D eigenvalue weighted by molar-refractivity contribution is -0.139. The number of hydrogen-bond acceptors (Lipinski definition) is 5. The van der Waals surface area contributed by atoms with Gasteiger partial charge in [-0.05, 0) is 25.3 Å². The van der Waals surface area contributed by atoms with Crippen molar-refractivity contribution in [2.75, 3.05) is 0 Å². The highest BCUT2D eigenvalue weighted by Crippen LogP contribution is 2.15. The van der Waals surface area contributed by atoms with Crippen LogP contribution in [-0.4, -0.2) is 28.2 Å². The summed E-state index contributed by atoms with van der Waals surface area (Å²) in [6, 6.07) is 8.22. The second kappa shape index (κ2) is 8.28. The van der Waals surface area contributed by atoms with E-state index in [-0.39, 0.29) is 6.61 Å². The fourth-order valence-corrected chi connectivity index (χ4v) is 2.80. The number of alkyl carbamates (subject to hydrolysis) is 1. The van der Waals surface area contributed by atoms with Crippen molar-refractivity contribution in [2.45, 2.75) is 32.4 Å². The number of aromatic nitrogens is 1. The number of ether oxygens (including phenoxy) is 1. The normalized spacial score (nSPS) is 11.7. The quantitative estimate of drug-likeness (QED) is 0.813. The first-order chi connectivity index (χ1) is 11.1. The molecule has 1 aromatic heterocycles. The summed E-state index contributed by atoms with van der Waals surface area (Å²) in [6.07, 6.45) is 0.105. The molecule has 1 amide bonds. The number of carboxylic acids is 1. The van der Waals surface area contributed by atoms with Crippen LogP contribution in [0.25, 0.3) is 0 Å². The van der Waals surface area contributed by atoms with Gasteiger partial charge in [-0.15, -0.1) is 11.3 Å². The second-order valence-electron chi connectivity index (χ2n) is 5.00. The molecule has 0 fully saturated rings. The molecule has 6 nitrogen and oxygen atoms in total. The summed E-state index contributed by atoms with van der Waals surface area (Å²) in [4.78, 5) is 28.2. The molecule has 0 aliphatic heterocycles. The molecule has 1 atom stereocenters. The van der Waals surface area contributed by atoms with Crippen molar-refractivity contribution >= 4 is 23.4 Å². The smallest absolute Gasteiger partial charge is 0.408 e. The molecule has 1 aromatic carbocycles. The van der Waals surface area contributed by atoms with Crippen LogP contribution in [0.3, 0.4) is 0 Å². The van der Waals surface area contributed by atoms with Crippen molar-refractivity contribution in [3.8, 4) is 0 Å². The summed E-state index contributed by atoms with van der Waals surface area (Å²) < 4.78 is 5.05. The Labute approximate surface area is 138 Å². The third kappa shape index (κ3) is 5.37. The van der Waals surface area contributed by atoms with E-state index in [9.17, 15) is 14.7 Å². The highest BCUT2D eigenvalue weighted by atomic mass is 32.1. The lowest BCUT2D eigenvalue weighted by Gasteiger charge is -2.14. The maximum Gasteiger partial charge on any atom is 0.408 e. The van der Waals surface area contributed by atoms with Crippen LogP contribution in [0.2, 0.25) is 0 Å². The number of carbonyl (C=O) groups is 2. The first kappa shape index (κ1) is 17.0. The van der Waals surface area contributed by atoms with Crippen molar-refractivity contribution in [3.63, 3.8) is 0 Å². The van der Waals surface area contributed by atoms with Gasteiger partial charge in [0.25, 0.3) is 0 Å². The van der Waals surface area contributed by atoms with Gasteiger partial charge in [0.1, 0.15) is 12.6 Å². The summed E-state index contributed by atoms with van der Waals surface area (Å²) in [5, 5.41) is 11.6. The number of nitrogens with zero attached hydrogens (tertiary/aromatic N) is 1. The van der Waals surface area contributed by atoms with Gasteiger partial charge < -0.3 is 15.2 Å². The Bertz CT molecular complexity index is 657. The van der Waals surface area contributed by atoms with Crippen LogP contribution >= 0.6 is 11.3 Å². The van der Waals surface area contributed by atoms with E-state index in [0.717, 1.165) is 16.1 Å². The molecule has 0 saturated heterocycles. The monoisotopic (exact) mass is 334 g/mol. The van der Waals surface area contributed by atoms with Crippen LogP contribution in [0.4, 0.5) is 4.79 Å². The number of nitrogens with one attached hydrogen (secondary N) is 1. The van der Waals surface area contributed by atoms with Crippen LogP contribution in [0, 0.1) is 6.92 Å². The molecule has 2 rings (SSSR count). The van der Waals surface area contributed by atoms with Crippen molar-refractivity contribution in [1.29, 1.82) is 0 Å². The molecule has 0 radical (unpaired) electrons. The van der Waals surface area contributed by atoms with Gasteiger partial charge in [0.05, 0.1) is 11.2 Å². The molecule has 1 unspecified atom stereocenters. The zero-order valence-electron chi connectivity index (χ0n) is 12.7. The number of aryl methyl sites for hydroxylation is 2. The summed E-state index contributed by atoms with van der Waals surface area (Å²) in [7, 11) is 0. The molecule has 0 bridgehead atoms. The molecule has 0 aliphatic rings. The van der Waals surface area contributed by atoms with Crippen LogP contribution in [0.1, 0.15) is 22.6 Å². The van der Waals surface area contributed by atoms with E-state index < -0.39 is 18.1 Å². The van der Waals surface area contributed by atoms with Crippen molar-refractivity contribution in [3.05, 3.63) is 52.0 Å². The number of hydrogen-bond donors (Lipinski definition) is 2. The average molecular weight is 334 g/mol. The molecule has 2 aromatic rings. The Morgan fingerprint density at radius 1 is 1.35 bits per heavy atom. The lowest BCUT2D eigenvalue weighted by atomic mass is 10.1. The fraction of sp³-hybridized carbons (Fsp3) is 0.312. The third-order valence-electron chi connectivity index (χ3n) is 3.31. The predicted molar refractivity (Wildman–Crippen MR) is 86.4 cm³/mol. The Morgan fingerprint density at radius 3 is 2.70 bits per heavy atom. The van der Waals surface area contributed by atoms with Gasteiger partial charge in [-0.1, -0.05) is 30.3 Å². The van der Waals surface area contributed by atoms with Crippen LogP contribution in [0.5, 0.6) is 0 Å². The van der Waals surface area contributed by atoms with Gasteiger partial charge in [-0.3, -0.25) is 0 Å². The van der Waals surface area contributed by atoms with E-state index in [2.05, 4.69) is 10.3 Å². The Hall–Kier alpha value is -2.41. The number of aliphatic carboxylic acids is 1. The summed E-state index contributed by atoms with van der Waals surface area (Å²) in [6.45, 7) is 1.98. The van der Waals surface area contributed by atoms with Gasteiger partial charge in [-0.25, -0.2) is 14.6 Å². The van der Waals surface area contributed by atoms with Gasteiger partial charge in [-0.2, -0.15) is 0 Å². The van der Waals surface area contributed by atoms with E-state index in [0.29, 0.717) is 12.8 Å². The van der Waals surface area contributed by atoms with Crippen LogP contribution in [-0.2, 0) is 22.6 Å². The minimum absolute atomic E-state index is 0.104. The summed E-state index contributed by atoms with van der Waals surface area (Å²) in [5.74, 6) is -1.08. The Balaban J connectivity index is 1.82. The number of amides is 1. The molecule has 7 heteroatoms. The Morgan fingerprint density at radius 2 is 2.09 bits per heavy atom. The van der Waals surface area contributed by atoms with E-state index in [4.69, 9.17) is 4.74 Å². The molecule has 0 saturated carbocycles. The highest BCUT2D eigenvalue weighted by Gasteiger charge is 2.21. The standard InChI is InChI=1S/C16H18N2O4S/c1-11-14(23-10-17-11)8-7-13(15(19)20)18-16(21)22-9-12-5-3-2-4-6-12/h2-6,10,13H,7-9H2,1H3,(H,18,21)(H,19,20). The minimum atomic E-state index is -1.08. The minimum Gasteiger partial charge on any atom is -0.480 e. The molecule has 23 heavy (non-hydrogen) atoms. The van der Waals surface area contributed by atoms with E-state index in [1.807, 2.05) is 37.3 Å². The van der Waals surface area contributed by atoms with Crippen LogP contribution in [0.15, 0.2) is 35.8 Å². The predicted octanol–water partition coefficient (Wildman–Crippen LogP) is 2.76. The first-order valence-corrected chi connectivity index (χ1v) is 8.03. The number of thiazole rings is 1. The van der Waals surface area contributed by atoms with Gasteiger partial charge in [0.15, 0.2) is 0 Å². The summed E-state index contributed by atoms with van der Waals surface area (Å²) >= 11 is 1.48. The fourth-order valence-electron chi connectivity index (χ4n) is 2.01. The van der Waals surface area contributed by atoms with Crippen molar-refractivity contribution in [2.24, 2.45) is 0 Å². The Kier molecular flexibility index (Phi) is 6.10. The average Bonchev–Trinajstić information content (AvgIpc) is 2.95. The topological polar surface area (TPSA) is 88.5 Å². The van der Waals surface area contributed by atoms with E-state index >= 15 is 0 Å². The number of carbonyl (C=O) groups excluding carboxylic acids is 1. The maximum atomic E-state index is 11.8. The molecule has 122 valence electrons. The van der Waals surface area contributed by atoms with Crippen molar-refractivity contribution < 1.29 is 19.4 Å². The zero-order chi connectivity index (χ0) is 16.7. The van der Waals surface area contributed by atoms with E-state index in [1.165, 1.54) is 11.3 Å². The summed E-state index contributed by atoms with van der Waals surface area (Å²) in [5.41, 5.74) is 3.46. The first-order valence-electron chi connectivity index (χ1n) is 7.15. The molecule has 1 heterocycles. The number of benzene rings is 1. The lowest BCUT2D eigenvalue weighted by Crippen LogP contribution is -2.41. The SMILES string of the molecule is Cc1ncsc1CCC(NC(=O)OCc1ccccc1)C(=O)O. The van der Waals surface area contributed by atoms with Gasteiger partial charge >= 0.3 is 12.1 Å². The molecular weight excluding hydrogens is 316 g/mol. The zero-order valence-corrected chi connectivity index (χ0v) is 13.5. The number of rotatable bonds is 7. The third-order valence-corrected chi connectivity index (χ3v) is 4.30. The molecular formula is C16H18N2O4S.